The van der Waals surface area contributed by atoms with Gasteiger partial charge < -0.3 is 15.5 Å². The second kappa shape index (κ2) is 9.14. The van der Waals surface area contributed by atoms with E-state index >= 15 is 0 Å². The van der Waals surface area contributed by atoms with Gasteiger partial charge in [-0.1, -0.05) is 48.5 Å². The first-order chi connectivity index (χ1) is 14.6. The van der Waals surface area contributed by atoms with Gasteiger partial charge in [0.25, 0.3) is 0 Å². The molecule has 1 aliphatic rings. The third-order valence-corrected chi connectivity index (χ3v) is 5.67. The van der Waals surface area contributed by atoms with Crippen LogP contribution in [0.5, 0.6) is 0 Å². The first-order valence-electron chi connectivity index (χ1n) is 10.6. The molecule has 0 aliphatic heterocycles. The number of rotatable bonds is 5. The molecule has 154 valence electrons. The fourth-order valence-electron chi connectivity index (χ4n) is 4.25. The Morgan fingerprint density at radius 3 is 2.27 bits per heavy atom. The summed E-state index contributed by atoms with van der Waals surface area (Å²) in [6.45, 7) is 1.13. The van der Waals surface area contributed by atoms with Gasteiger partial charge in [0.2, 0.25) is 0 Å². The van der Waals surface area contributed by atoms with E-state index in [9.17, 15) is 4.79 Å². The predicted octanol–water partition coefficient (Wildman–Crippen LogP) is 5.66. The van der Waals surface area contributed by atoms with Crippen molar-refractivity contribution in [3.05, 3.63) is 83.9 Å². The molecule has 4 rings (SSSR count). The van der Waals surface area contributed by atoms with Gasteiger partial charge in [-0.25, -0.2) is 4.79 Å². The predicted molar refractivity (Wildman–Crippen MR) is 125 cm³/mol. The summed E-state index contributed by atoms with van der Waals surface area (Å²) in [5, 5.41) is 5.89. The first-order valence-corrected chi connectivity index (χ1v) is 10.6. The zero-order chi connectivity index (χ0) is 20.9. The van der Waals surface area contributed by atoms with Crippen molar-refractivity contribution in [1.82, 2.24) is 4.90 Å². The van der Waals surface area contributed by atoms with Gasteiger partial charge in [0.05, 0.1) is 0 Å². The summed E-state index contributed by atoms with van der Waals surface area (Å²) in [5.74, 6) is 0.716. The summed E-state index contributed by atoms with van der Waals surface area (Å²) in [7, 11) is 4.27. The molecule has 1 unspecified atom stereocenters. The van der Waals surface area contributed by atoms with Crippen molar-refractivity contribution >= 4 is 17.4 Å². The lowest BCUT2D eigenvalue weighted by molar-refractivity contribution is 0.262. The molecule has 2 amide bonds. The summed E-state index contributed by atoms with van der Waals surface area (Å²) in [5.41, 5.74) is 6.68. The lowest BCUT2D eigenvalue weighted by atomic mass is 9.83. The molecule has 4 heteroatoms. The number of amides is 2. The largest absolute Gasteiger partial charge is 0.323 e. The normalized spacial score (nSPS) is 15.5. The van der Waals surface area contributed by atoms with Crippen LogP contribution < -0.4 is 10.6 Å². The fraction of sp³-hybridized carbons (Fsp3) is 0.269. The van der Waals surface area contributed by atoms with Crippen LogP contribution in [0, 0.1) is 5.92 Å². The van der Waals surface area contributed by atoms with Crippen LogP contribution in [0.3, 0.4) is 0 Å². The van der Waals surface area contributed by atoms with Crippen LogP contribution in [0.25, 0.3) is 11.1 Å². The number of nitrogens with one attached hydrogen (secondary N) is 2. The lowest BCUT2D eigenvalue weighted by Gasteiger charge is -2.27. The molecule has 0 saturated carbocycles. The van der Waals surface area contributed by atoms with Crippen LogP contribution in [0.1, 0.15) is 17.5 Å². The summed E-state index contributed by atoms with van der Waals surface area (Å²) >= 11 is 0. The monoisotopic (exact) mass is 399 g/mol. The van der Waals surface area contributed by atoms with Crippen LogP contribution in [-0.4, -0.2) is 31.6 Å². The summed E-state index contributed by atoms with van der Waals surface area (Å²) < 4.78 is 0. The minimum Gasteiger partial charge on any atom is -0.309 e. The SMILES string of the molecule is CN(C)CC1CCc2cc(NC(=O)Nc3ccc(-c4ccccc4)cc3)ccc2C1. The van der Waals surface area contributed by atoms with E-state index in [4.69, 9.17) is 0 Å². The Kier molecular flexibility index (Phi) is 6.15. The summed E-state index contributed by atoms with van der Waals surface area (Å²) in [6.07, 6.45) is 3.40. The van der Waals surface area contributed by atoms with Crippen LogP contribution in [0.4, 0.5) is 16.2 Å². The van der Waals surface area contributed by atoms with Gasteiger partial charge in [0, 0.05) is 17.9 Å². The van der Waals surface area contributed by atoms with Gasteiger partial charge in [-0.05, 0) is 85.8 Å². The molecule has 1 atom stereocenters. The maximum absolute atomic E-state index is 12.5. The van der Waals surface area contributed by atoms with Gasteiger partial charge in [-0.2, -0.15) is 0 Å². The zero-order valence-electron chi connectivity index (χ0n) is 17.7. The van der Waals surface area contributed by atoms with Gasteiger partial charge in [-0.15, -0.1) is 0 Å². The second-order valence-corrected chi connectivity index (χ2v) is 8.38. The van der Waals surface area contributed by atoms with Gasteiger partial charge in [0.15, 0.2) is 0 Å². The van der Waals surface area contributed by atoms with Crippen molar-refractivity contribution in [1.29, 1.82) is 0 Å². The molecule has 0 radical (unpaired) electrons. The minimum atomic E-state index is -0.219. The smallest absolute Gasteiger partial charge is 0.309 e. The minimum absolute atomic E-state index is 0.219. The van der Waals surface area contributed by atoms with Gasteiger partial charge >= 0.3 is 6.03 Å². The lowest BCUT2D eigenvalue weighted by Crippen LogP contribution is -2.26. The molecule has 0 aromatic heterocycles. The average molecular weight is 400 g/mol. The molecular formula is C26H29N3O. The average Bonchev–Trinajstić information content (AvgIpc) is 2.74. The highest BCUT2D eigenvalue weighted by atomic mass is 16.2. The fourth-order valence-corrected chi connectivity index (χ4v) is 4.25. The molecule has 1 aliphatic carbocycles. The van der Waals surface area contributed by atoms with E-state index in [-0.39, 0.29) is 6.03 Å². The van der Waals surface area contributed by atoms with Crippen molar-refractivity contribution in [2.24, 2.45) is 5.92 Å². The van der Waals surface area contributed by atoms with E-state index in [1.165, 1.54) is 17.5 Å². The molecule has 0 bridgehead atoms. The molecule has 2 N–H and O–H groups in total. The number of carbonyl (C=O) groups is 1. The van der Waals surface area contributed by atoms with Gasteiger partial charge in [-0.3, -0.25) is 0 Å². The number of aryl methyl sites for hydroxylation is 1. The standard InChI is InChI=1S/C26H29N3O/c1-29(2)18-19-8-9-23-17-25(15-12-22(23)16-19)28-26(30)27-24-13-10-21(11-14-24)20-6-4-3-5-7-20/h3-7,10-15,17,19H,8-9,16,18H2,1-2H3,(H2,27,28,30). The third-order valence-electron chi connectivity index (χ3n) is 5.67. The van der Waals surface area contributed by atoms with Gasteiger partial charge in [0.1, 0.15) is 0 Å². The van der Waals surface area contributed by atoms with E-state index in [1.54, 1.807) is 0 Å². The number of nitrogens with zero attached hydrogens (tertiary/aromatic N) is 1. The highest BCUT2D eigenvalue weighted by Crippen LogP contribution is 2.28. The number of urea groups is 1. The van der Waals surface area contributed by atoms with Crippen molar-refractivity contribution in [3.8, 4) is 11.1 Å². The molecule has 30 heavy (non-hydrogen) atoms. The molecule has 3 aromatic carbocycles. The van der Waals surface area contributed by atoms with E-state index in [1.807, 2.05) is 48.5 Å². The Morgan fingerprint density at radius 1 is 0.867 bits per heavy atom. The Morgan fingerprint density at radius 2 is 1.53 bits per heavy atom. The highest BCUT2D eigenvalue weighted by Gasteiger charge is 2.19. The topological polar surface area (TPSA) is 44.4 Å². The molecule has 4 nitrogen and oxygen atoms in total. The summed E-state index contributed by atoms with van der Waals surface area (Å²) in [6, 6.07) is 24.2. The zero-order valence-corrected chi connectivity index (χ0v) is 17.7. The highest BCUT2D eigenvalue weighted by molar-refractivity contribution is 5.99. The van der Waals surface area contributed by atoms with Crippen molar-refractivity contribution in [2.45, 2.75) is 19.3 Å². The van der Waals surface area contributed by atoms with E-state index < -0.39 is 0 Å². The molecule has 0 spiro atoms. The first kappa shape index (κ1) is 20.2. The summed E-state index contributed by atoms with van der Waals surface area (Å²) in [4.78, 5) is 14.7. The van der Waals surface area contributed by atoms with Crippen LogP contribution >= 0.6 is 0 Å². The quantitative estimate of drug-likeness (QED) is 0.581. The van der Waals surface area contributed by atoms with Crippen molar-refractivity contribution in [2.75, 3.05) is 31.3 Å². The Balaban J connectivity index is 1.35. The Labute approximate surface area is 178 Å². The number of hydrogen-bond acceptors (Lipinski definition) is 2. The molecule has 0 fully saturated rings. The van der Waals surface area contributed by atoms with Crippen LogP contribution in [0.2, 0.25) is 0 Å². The van der Waals surface area contributed by atoms with Crippen molar-refractivity contribution < 1.29 is 4.79 Å². The van der Waals surface area contributed by atoms with E-state index in [0.29, 0.717) is 5.92 Å². The molecule has 0 saturated heterocycles. The number of carbonyl (C=O) groups excluding carboxylic acids is 1. The van der Waals surface area contributed by atoms with E-state index in [0.717, 1.165) is 41.9 Å². The van der Waals surface area contributed by atoms with Crippen LogP contribution in [0.15, 0.2) is 72.8 Å². The number of benzene rings is 3. The number of anilines is 2. The Bertz CT molecular complexity index is 997. The maximum Gasteiger partial charge on any atom is 0.323 e. The van der Waals surface area contributed by atoms with E-state index in [2.05, 4.69) is 53.9 Å². The third kappa shape index (κ3) is 5.08. The maximum atomic E-state index is 12.5. The Hall–Kier alpha value is -3.11. The van der Waals surface area contributed by atoms with Crippen molar-refractivity contribution in [3.63, 3.8) is 0 Å². The second-order valence-electron chi connectivity index (χ2n) is 8.38. The number of fused-ring (bicyclic) bond motifs is 1. The van der Waals surface area contributed by atoms with Crippen LogP contribution in [-0.2, 0) is 12.8 Å². The number of hydrogen-bond donors (Lipinski definition) is 2. The molecular weight excluding hydrogens is 370 g/mol. The molecule has 3 aromatic rings. The molecule has 0 heterocycles.